The average molecular weight is 320 g/mol. The van der Waals surface area contributed by atoms with Crippen LogP contribution < -0.4 is 5.32 Å². The molecule has 2 heterocycles. The molecular formula is C13H22ClN3O2S. The van der Waals surface area contributed by atoms with E-state index < -0.39 is 9.84 Å². The van der Waals surface area contributed by atoms with Crippen molar-refractivity contribution in [3.8, 4) is 0 Å². The third-order valence-corrected chi connectivity index (χ3v) is 5.97. The fourth-order valence-corrected chi connectivity index (χ4v) is 5.02. The number of nitrogens with zero attached hydrogens (tertiary/aromatic N) is 2. The summed E-state index contributed by atoms with van der Waals surface area (Å²) in [5, 5.41) is 8.21. The Morgan fingerprint density at radius 2 is 2.35 bits per heavy atom. The summed E-state index contributed by atoms with van der Waals surface area (Å²) in [7, 11) is -0.949. The standard InChI is InChI=1S/C13H22ClN3O2S/c1-3-5-17-13(11(14)8-16-17)12(15-2)7-10-4-6-20(18,19)9-10/h8,10,12,15H,3-7,9H2,1-2H3. The zero-order chi connectivity index (χ0) is 14.8. The van der Waals surface area contributed by atoms with Crippen LogP contribution in [0.5, 0.6) is 0 Å². The summed E-state index contributed by atoms with van der Waals surface area (Å²) in [4.78, 5) is 0. The molecule has 2 unspecified atom stereocenters. The molecule has 0 aromatic carbocycles. The predicted molar refractivity (Wildman–Crippen MR) is 80.7 cm³/mol. The van der Waals surface area contributed by atoms with Gasteiger partial charge in [-0.25, -0.2) is 8.42 Å². The van der Waals surface area contributed by atoms with E-state index >= 15 is 0 Å². The van der Waals surface area contributed by atoms with Gasteiger partial charge >= 0.3 is 0 Å². The van der Waals surface area contributed by atoms with Crippen molar-refractivity contribution in [1.82, 2.24) is 15.1 Å². The second kappa shape index (κ2) is 6.45. The summed E-state index contributed by atoms with van der Waals surface area (Å²) in [5.41, 5.74) is 0.973. The maximum atomic E-state index is 11.6. The van der Waals surface area contributed by atoms with Crippen molar-refractivity contribution in [2.24, 2.45) is 5.92 Å². The summed E-state index contributed by atoms with van der Waals surface area (Å²) >= 11 is 6.25. The van der Waals surface area contributed by atoms with Crippen LogP contribution in [0.15, 0.2) is 6.20 Å². The van der Waals surface area contributed by atoms with Gasteiger partial charge in [0.05, 0.1) is 34.5 Å². The molecule has 114 valence electrons. The lowest BCUT2D eigenvalue weighted by Gasteiger charge is -2.21. The molecule has 2 rings (SSSR count). The van der Waals surface area contributed by atoms with Gasteiger partial charge in [-0.05, 0) is 32.2 Å². The Morgan fingerprint density at radius 3 is 2.90 bits per heavy atom. The third kappa shape index (κ3) is 3.54. The molecule has 0 bridgehead atoms. The molecule has 7 heteroatoms. The smallest absolute Gasteiger partial charge is 0.150 e. The molecule has 1 saturated heterocycles. The fourth-order valence-electron chi connectivity index (χ4n) is 2.87. The van der Waals surface area contributed by atoms with Crippen LogP contribution in [0.4, 0.5) is 0 Å². The number of halogens is 1. The number of aryl methyl sites for hydroxylation is 1. The molecule has 1 aromatic rings. The van der Waals surface area contributed by atoms with E-state index in [1.807, 2.05) is 11.7 Å². The van der Waals surface area contributed by atoms with E-state index in [-0.39, 0.29) is 12.0 Å². The Balaban J connectivity index is 2.14. The van der Waals surface area contributed by atoms with Crippen LogP contribution in [0, 0.1) is 5.92 Å². The van der Waals surface area contributed by atoms with Crippen LogP contribution >= 0.6 is 11.6 Å². The van der Waals surface area contributed by atoms with Gasteiger partial charge in [-0.1, -0.05) is 18.5 Å². The highest BCUT2D eigenvalue weighted by Gasteiger charge is 2.31. The lowest BCUT2D eigenvalue weighted by molar-refractivity contribution is 0.408. The molecule has 1 N–H and O–H groups in total. The van der Waals surface area contributed by atoms with Crippen molar-refractivity contribution in [3.63, 3.8) is 0 Å². The molecule has 0 saturated carbocycles. The van der Waals surface area contributed by atoms with E-state index in [4.69, 9.17) is 11.6 Å². The maximum absolute atomic E-state index is 11.6. The first-order valence-corrected chi connectivity index (χ1v) is 9.25. The van der Waals surface area contributed by atoms with Gasteiger partial charge in [0, 0.05) is 6.54 Å². The Morgan fingerprint density at radius 1 is 1.60 bits per heavy atom. The van der Waals surface area contributed by atoms with Gasteiger partial charge in [-0.2, -0.15) is 5.10 Å². The number of hydrogen-bond donors (Lipinski definition) is 1. The van der Waals surface area contributed by atoms with Crippen LogP contribution in [-0.4, -0.2) is 36.8 Å². The molecule has 1 aliphatic rings. The first kappa shape index (κ1) is 15.8. The minimum atomic E-state index is -2.83. The largest absolute Gasteiger partial charge is 0.312 e. The van der Waals surface area contributed by atoms with Gasteiger partial charge < -0.3 is 5.32 Å². The highest BCUT2D eigenvalue weighted by atomic mass is 35.5. The molecule has 2 atom stereocenters. The SMILES string of the molecule is CCCn1ncc(Cl)c1C(CC1CCS(=O)(=O)C1)NC. The number of hydrogen-bond acceptors (Lipinski definition) is 4. The molecule has 20 heavy (non-hydrogen) atoms. The van der Waals surface area contributed by atoms with E-state index in [9.17, 15) is 8.42 Å². The van der Waals surface area contributed by atoms with Crippen LogP contribution in [0.1, 0.15) is 37.9 Å². The zero-order valence-corrected chi connectivity index (χ0v) is 13.5. The first-order chi connectivity index (χ1) is 9.46. The molecule has 5 nitrogen and oxygen atoms in total. The maximum Gasteiger partial charge on any atom is 0.150 e. The van der Waals surface area contributed by atoms with Crippen molar-refractivity contribution in [3.05, 3.63) is 16.9 Å². The number of rotatable bonds is 6. The minimum Gasteiger partial charge on any atom is -0.312 e. The van der Waals surface area contributed by atoms with Gasteiger partial charge in [-0.15, -0.1) is 0 Å². The van der Waals surface area contributed by atoms with Gasteiger partial charge in [0.25, 0.3) is 0 Å². The molecule has 1 fully saturated rings. The Labute approximate surface area is 125 Å². The van der Waals surface area contributed by atoms with Gasteiger partial charge in [0.1, 0.15) is 0 Å². The minimum absolute atomic E-state index is 0.0508. The van der Waals surface area contributed by atoms with Crippen LogP contribution in [0.25, 0.3) is 0 Å². The van der Waals surface area contributed by atoms with E-state index in [1.54, 1.807) is 6.20 Å². The van der Waals surface area contributed by atoms with Gasteiger partial charge in [0.2, 0.25) is 0 Å². The summed E-state index contributed by atoms with van der Waals surface area (Å²) in [5.74, 6) is 0.819. The van der Waals surface area contributed by atoms with Gasteiger partial charge in [0.15, 0.2) is 9.84 Å². The Hall–Kier alpha value is -0.590. The molecule has 0 spiro atoms. The lowest BCUT2D eigenvalue weighted by Crippen LogP contribution is -2.24. The summed E-state index contributed by atoms with van der Waals surface area (Å²) in [6, 6.07) is 0.0508. The van der Waals surface area contributed by atoms with E-state index in [1.165, 1.54) is 0 Å². The zero-order valence-electron chi connectivity index (χ0n) is 12.0. The molecular weight excluding hydrogens is 298 g/mol. The fraction of sp³-hybridized carbons (Fsp3) is 0.769. The number of aromatic nitrogens is 2. The van der Waals surface area contributed by atoms with Crippen LogP contribution in [0.3, 0.4) is 0 Å². The highest BCUT2D eigenvalue weighted by molar-refractivity contribution is 7.91. The Bertz CT molecular complexity index is 556. The highest BCUT2D eigenvalue weighted by Crippen LogP contribution is 2.32. The average Bonchev–Trinajstić information content (AvgIpc) is 2.91. The summed E-state index contributed by atoms with van der Waals surface area (Å²) in [6.45, 7) is 2.92. The number of nitrogens with one attached hydrogen (secondary N) is 1. The second-order valence-electron chi connectivity index (χ2n) is 5.45. The monoisotopic (exact) mass is 319 g/mol. The normalized spacial score (nSPS) is 23.1. The second-order valence-corrected chi connectivity index (χ2v) is 8.08. The van der Waals surface area contributed by atoms with Crippen molar-refractivity contribution in [2.45, 2.75) is 38.8 Å². The van der Waals surface area contributed by atoms with Crippen molar-refractivity contribution >= 4 is 21.4 Å². The topological polar surface area (TPSA) is 64.0 Å². The van der Waals surface area contributed by atoms with Gasteiger partial charge in [-0.3, -0.25) is 4.68 Å². The molecule has 1 aliphatic heterocycles. The quantitative estimate of drug-likeness (QED) is 0.871. The van der Waals surface area contributed by atoms with E-state index in [0.29, 0.717) is 16.5 Å². The third-order valence-electron chi connectivity index (χ3n) is 3.84. The lowest BCUT2D eigenvalue weighted by atomic mass is 9.97. The molecule has 0 aliphatic carbocycles. The van der Waals surface area contributed by atoms with E-state index in [2.05, 4.69) is 17.3 Å². The van der Waals surface area contributed by atoms with Crippen molar-refractivity contribution < 1.29 is 8.42 Å². The summed E-state index contributed by atoms with van der Waals surface area (Å²) in [6.07, 6.45) is 4.19. The molecule has 0 radical (unpaired) electrons. The predicted octanol–water partition coefficient (Wildman–Crippen LogP) is 2.03. The molecule has 1 aromatic heterocycles. The van der Waals surface area contributed by atoms with E-state index in [0.717, 1.165) is 31.5 Å². The van der Waals surface area contributed by atoms with Crippen LogP contribution in [-0.2, 0) is 16.4 Å². The Kier molecular flexibility index (Phi) is 5.09. The van der Waals surface area contributed by atoms with Crippen LogP contribution in [0.2, 0.25) is 5.02 Å². The van der Waals surface area contributed by atoms with Crippen molar-refractivity contribution in [2.75, 3.05) is 18.6 Å². The molecule has 0 amide bonds. The number of sulfone groups is 1. The summed E-state index contributed by atoms with van der Waals surface area (Å²) < 4.78 is 25.1. The van der Waals surface area contributed by atoms with Crippen molar-refractivity contribution in [1.29, 1.82) is 0 Å². The first-order valence-electron chi connectivity index (χ1n) is 7.05.